The number of nitrogens with zero attached hydrogens (tertiary/aromatic N) is 3. The first-order valence-corrected chi connectivity index (χ1v) is 7.29. The van der Waals surface area contributed by atoms with Gasteiger partial charge in [0.1, 0.15) is 0 Å². The Morgan fingerprint density at radius 1 is 1.30 bits per heavy atom. The van der Waals surface area contributed by atoms with Gasteiger partial charge in [-0.25, -0.2) is 0 Å². The van der Waals surface area contributed by atoms with Crippen LogP contribution in [0.4, 0.5) is 0 Å². The quantitative estimate of drug-likeness (QED) is 0.788. The smallest absolute Gasteiger partial charge is 0.0596 e. The highest BCUT2D eigenvalue weighted by molar-refractivity contribution is 5.06. The van der Waals surface area contributed by atoms with Crippen LogP contribution in [0, 0.1) is 13.8 Å². The number of hydrogen-bond acceptors (Lipinski definition) is 3. The van der Waals surface area contributed by atoms with Gasteiger partial charge in [0.2, 0.25) is 0 Å². The summed E-state index contributed by atoms with van der Waals surface area (Å²) in [6.07, 6.45) is 3.99. The third kappa shape index (κ3) is 4.46. The Balaban J connectivity index is 1.68. The normalized spacial score (nSPS) is 12.6. The highest BCUT2D eigenvalue weighted by atomic mass is 15.3. The topological polar surface area (TPSA) is 42.7 Å². The second-order valence-corrected chi connectivity index (χ2v) is 5.39. The molecule has 2 heterocycles. The van der Waals surface area contributed by atoms with Crippen LogP contribution in [0.15, 0.2) is 30.5 Å². The van der Waals surface area contributed by atoms with E-state index in [2.05, 4.69) is 46.1 Å². The largest absolute Gasteiger partial charge is 0.312 e. The van der Waals surface area contributed by atoms with Crippen molar-refractivity contribution in [1.82, 2.24) is 20.1 Å². The number of hydrogen-bond donors (Lipinski definition) is 1. The van der Waals surface area contributed by atoms with Gasteiger partial charge in [-0.05, 0) is 58.4 Å². The maximum atomic E-state index is 4.49. The second kappa shape index (κ2) is 7.20. The Hall–Kier alpha value is -1.68. The number of nitrogens with one attached hydrogen (secondary N) is 1. The summed E-state index contributed by atoms with van der Waals surface area (Å²) in [5.41, 5.74) is 3.48. The average molecular weight is 272 g/mol. The predicted molar refractivity (Wildman–Crippen MR) is 81.7 cm³/mol. The Morgan fingerprint density at radius 2 is 2.15 bits per heavy atom. The van der Waals surface area contributed by atoms with Gasteiger partial charge >= 0.3 is 0 Å². The first kappa shape index (κ1) is 14.7. The lowest BCUT2D eigenvalue weighted by Gasteiger charge is -2.14. The molecule has 4 heteroatoms. The second-order valence-electron chi connectivity index (χ2n) is 5.39. The molecule has 0 fully saturated rings. The molecule has 20 heavy (non-hydrogen) atoms. The van der Waals surface area contributed by atoms with Crippen LogP contribution in [0.1, 0.15) is 30.4 Å². The lowest BCUT2D eigenvalue weighted by Crippen LogP contribution is -2.32. The van der Waals surface area contributed by atoms with Gasteiger partial charge < -0.3 is 5.32 Å². The molecule has 0 saturated carbocycles. The molecule has 2 rings (SSSR count). The van der Waals surface area contributed by atoms with E-state index in [-0.39, 0.29) is 0 Å². The van der Waals surface area contributed by atoms with Gasteiger partial charge in [0.25, 0.3) is 0 Å². The number of pyridine rings is 1. The van der Waals surface area contributed by atoms with Gasteiger partial charge in [-0.2, -0.15) is 5.10 Å². The summed E-state index contributed by atoms with van der Waals surface area (Å²) in [4.78, 5) is 4.34. The molecule has 1 atom stereocenters. The molecule has 0 spiro atoms. The van der Waals surface area contributed by atoms with Crippen LogP contribution in [0.2, 0.25) is 0 Å². The van der Waals surface area contributed by atoms with Crippen molar-refractivity contribution in [2.45, 2.75) is 46.2 Å². The third-order valence-corrected chi connectivity index (χ3v) is 3.38. The van der Waals surface area contributed by atoms with Crippen LogP contribution < -0.4 is 5.32 Å². The summed E-state index contributed by atoms with van der Waals surface area (Å²) in [5.74, 6) is 0. The van der Waals surface area contributed by atoms with Crippen molar-refractivity contribution in [2.75, 3.05) is 6.54 Å². The fourth-order valence-electron chi connectivity index (χ4n) is 2.35. The summed E-state index contributed by atoms with van der Waals surface area (Å²) in [6.45, 7) is 8.28. The maximum Gasteiger partial charge on any atom is 0.0596 e. The van der Waals surface area contributed by atoms with Crippen LogP contribution in [0.5, 0.6) is 0 Å². The van der Waals surface area contributed by atoms with E-state index in [1.165, 1.54) is 11.4 Å². The van der Waals surface area contributed by atoms with E-state index in [9.17, 15) is 0 Å². The summed E-state index contributed by atoms with van der Waals surface area (Å²) in [6, 6.07) is 8.63. The minimum atomic E-state index is 0.428. The van der Waals surface area contributed by atoms with E-state index in [0.717, 1.165) is 31.6 Å². The first-order chi connectivity index (χ1) is 9.65. The van der Waals surface area contributed by atoms with E-state index in [0.29, 0.717) is 6.04 Å². The molecule has 2 aromatic heterocycles. The fourth-order valence-corrected chi connectivity index (χ4v) is 2.35. The zero-order chi connectivity index (χ0) is 14.4. The minimum absolute atomic E-state index is 0.428. The molecule has 4 nitrogen and oxygen atoms in total. The monoisotopic (exact) mass is 272 g/mol. The van der Waals surface area contributed by atoms with Crippen molar-refractivity contribution >= 4 is 0 Å². The van der Waals surface area contributed by atoms with E-state index in [1.54, 1.807) is 0 Å². The van der Waals surface area contributed by atoms with Crippen LogP contribution in [-0.2, 0) is 13.0 Å². The highest BCUT2D eigenvalue weighted by Gasteiger charge is 2.06. The Bertz CT molecular complexity index is 519. The SMILES string of the molecule is Cc1cc(C)n(CC(C)NCCCc2ccccn2)n1. The molecule has 0 bridgehead atoms. The molecule has 0 aliphatic heterocycles. The average Bonchev–Trinajstić information content (AvgIpc) is 2.74. The predicted octanol–water partition coefficient (Wildman–Crippen LogP) is 2.51. The van der Waals surface area contributed by atoms with Crippen LogP contribution >= 0.6 is 0 Å². The molecule has 0 aromatic carbocycles. The Morgan fingerprint density at radius 3 is 2.80 bits per heavy atom. The molecule has 0 saturated heterocycles. The number of rotatable bonds is 7. The molecular formula is C16H24N4. The van der Waals surface area contributed by atoms with Crippen molar-refractivity contribution in [3.05, 3.63) is 47.5 Å². The third-order valence-electron chi connectivity index (χ3n) is 3.38. The minimum Gasteiger partial charge on any atom is -0.312 e. The lowest BCUT2D eigenvalue weighted by molar-refractivity contribution is 0.441. The first-order valence-electron chi connectivity index (χ1n) is 7.29. The number of aryl methyl sites for hydroxylation is 3. The zero-order valence-electron chi connectivity index (χ0n) is 12.6. The Labute approximate surface area is 121 Å². The van der Waals surface area contributed by atoms with Gasteiger partial charge in [0.15, 0.2) is 0 Å². The van der Waals surface area contributed by atoms with Gasteiger partial charge in [-0.3, -0.25) is 9.67 Å². The zero-order valence-corrected chi connectivity index (χ0v) is 12.6. The molecule has 0 aliphatic rings. The van der Waals surface area contributed by atoms with Crippen molar-refractivity contribution in [2.24, 2.45) is 0 Å². The van der Waals surface area contributed by atoms with E-state index in [4.69, 9.17) is 0 Å². The van der Waals surface area contributed by atoms with Crippen LogP contribution in [0.3, 0.4) is 0 Å². The van der Waals surface area contributed by atoms with Crippen molar-refractivity contribution in [3.8, 4) is 0 Å². The molecular weight excluding hydrogens is 248 g/mol. The standard InChI is InChI=1S/C16H24N4/c1-13-11-15(3)20(19-13)12-14(2)17-10-6-8-16-7-4-5-9-18-16/h4-5,7,9,11,14,17H,6,8,10,12H2,1-3H3. The molecule has 1 unspecified atom stereocenters. The maximum absolute atomic E-state index is 4.49. The Kier molecular flexibility index (Phi) is 5.30. The van der Waals surface area contributed by atoms with E-state index < -0.39 is 0 Å². The summed E-state index contributed by atoms with van der Waals surface area (Å²) < 4.78 is 2.08. The van der Waals surface area contributed by atoms with E-state index in [1.807, 2.05) is 25.3 Å². The number of aromatic nitrogens is 3. The molecule has 0 amide bonds. The summed E-state index contributed by atoms with van der Waals surface area (Å²) in [7, 11) is 0. The summed E-state index contributed by atoms with van der Waals surface area (Å²) >= 11 is 0. The van der Waals surface area contributed by atoms with Crippen molar-refractivity contribution < 1.29 is 0 Å². The van der Waals surface area contributed by atoms with Gasteiger partial charge in [-0.1, -0.05) is 6.07 Å². The fraction of sp³-hybridized carbons (Fsp3) is 0.500. The van der Waals surface area contributed by atoms with Crippen molar-refractivity contribution in [1.29, 1.82) is 0 Å². The molecule has 1 N–H and O–H groups in total. The van der Waals surface area contributed by atoms with Gasteiger partial charge in [-0.15, -0.1) is 0 Å². The van der Waals surface area contributed by atoms with Crippen LogP contribution in [0.25, 0.3) is 0 Å². The van der Waals surface area contributed by atoms with Crippen molar-refractivity contribution in [3.63, 3.8) is 0 Å². The highest BCUT2D eigenvalue weighted by Crippen LogP contribution is 2.03. The summed E-state index contributed by atoms with van der Waals surface area (Å²) in [5, 5.41) is 8.04. The molecule has 0 aliphatic carbocycles. The van der Waals surface area contributed by atoms with E-state index >= 15 is 0 Å². The van der Waals surface area contributed by atoms with Crippen LogP contribution in [-0.4, -0.2) is 27.4 Å². The molecule has 2 aromatic rings. The lowest BCUT2D eigenvalue weighted by atomic mass is 10.2. The van der Waals surface area contributed by atoms with Gasteiger partial charge in [0, 0.05) is 23.6 Å². The molecule has 0 radical (unpaired) electrons. The van der Waals surface area contributed by atoms with Gasteiger partial charge in [0.05, 0.1) is 12.2 Å². The molecule has 108 valence electrons.